The summed E-state index contributed by atoms with van der Waals surface area (Å²) >= 11 is 0. The molecule has 0 aromatic heterocycles. The molecule has 5 nitrogen and oxygen atoms in total. The lowest BCUT2D eigenvalue weighted by atomic mass is 10.1. The van der Waals surface area contributed by atoms with Gasteiger partial charge in [0.2, 0.25) is 0 Å². The largest absolute Gasteiger partial charge is 0.496 e. The molecule has 0 aliphatic carbocycles. The van der Waals surface area contributed by atoms with Gasteiger partial charge in [-0.3, -0.25) is 4.79 Å². The Hall–Kier alpha value is -2.53. The Morgan fingerprint density at radius 3 is 2.92 bits per heavy atom. The van der Waals surface area contributed by atoms with Gasteiger partial charge < -0.3 is 20.1 Å². The number of methoxy groups -OCH3 is 1. The van der Waals surface area contributed by atoms with Crippen LogP contribution in [-0.2, 0) is 11.3 Å². The Morgan fingerprint density at radius 1 is 1.29 bits per heavy atom. The zero-order valence-corrected chi connectivity index (χ0v) is 14.2. The molecule has 0 spiro atoms. The van der Waals surface area contributed by atoms with E-state index in [9.17, 15) is 4.79 Å². The molecule has 2 aromatic carbocycles. The second-order valence-corrected chi connectivity index (χ2v) is 6.00. The highest BCUT2D eigenvalue weighted by Crippen LogP contribution is 2.30. The molecular weight excluding hydrogens is 304 g/mol. The molecule has 0 fully saturated rings. The zero-order chi connectivity index (χ0) is 17.1. The van der Waals surface area contributed by atoms with Crippen molar-refractivity contribution in [1.29, 1.82) is 0 Å². The molecule has 2 N–H and O–H groups in total. The van der Waals surface area contributed by atoms with Crippen molar-refractivity contribution in [2.45, 2.75) is 26.4 Å². The van der Waals surface area contributed by atoms with Crippen LogP contribution in [0, 0.1) is 6.92 Å². The fraction of sp³-hybridized carbons (Fsp3) is 0.316. The van der Waals surface area contributed by atoms with E-state index in [-0.39, 0.29) is 18.6 Å². The van der Waals surface area contributed by atoms with Crippen molar-refractivity contribution in [1.82, 2.24) is 5.32 Å². The van der Waals surface area contributed by atoms with E-state index in [4.69, 9.17) is 9.47 Å². The van der Waals surface area contributed by atoms with Crippen molar-refractivity contribution >= 4 is 11.6 Å². The topological polar surface area (TPSA) is 59.6 Å². The number of fused-ring (bicyclic) bond motifs is 1. The summed E-state index contributed by atoms with van der Waals surface area (Å²) in [5.74, 6) is 1.50. The van der Waals surface area contributed by atoms with Crippen LogP contribution in [0.4, 0.5) is 5.69 Å². The minimum absolute atomic E-state index is 0.0788. The quantitative estimate of drug-likeness (QED) is 0.886. The predicted octanol–water partition coefficient (Wildman–Crippen LogP) is 3.19. The average molecular weight is 326 g/mol. The molecule has 1 heterocycles. The second kappa shape index (κ2) is 6.93. The van der Waals surface area contributed by atoms with Crippen LogP contribution in [0.5, 0.6) is 11.5 Å². The third-order valence-electron chi connectivity index (χ3n) is 4.22. The number of amides is 1. The van der Waals surface area contributed by atoms with Gasteiger partial charge in [-0.1, -0.05) is 18.2 Å². The van der Waals surface area contributed by atoms with Crippen LogP contribution in [0.25, 0.3) is 0 Å². The average Bonchev–Trinajstić information content (AvgIpc) is 2.60. The molecule has 0 saturated carbocycles. The first-order valence-corrected chi connectivity index (χ1v) is 8.00. The molecule has 126 valence electrons. The molecule has 3 rings (SSSR count). The first-order chi connectivity index (χ1) is 11.6. The monoisotopic (exact) mass is 326 g/mol. The maximum absolute atomic E-state index is 11.4. The van der Waals surface area contributed by atoms with E-state index in [1.165, 1.54) is 5.56 Å². The molecule has 0 radical (unpaired) electrons. The van der Waals surface area contributed by atoms with Crippen molar-refractivity contribution in [2.24, 2.45) is 0 Å². The van der Waals surface area contributed by atoms with E-state index in [0.29, 0.717) is 5.75 Å². The molecule has 0 bridgehead atoms. The van der Waals surface area contributed by atoms with Crippen molar-refractivity contribution in [3.05, 3.63) is 53.1 Å². The van der Waals surface area contributed by atoms with E-state index in [0.717, 1.165) is 29.1 Å². The summed E-state index contributed by atoms with van der Waals surface area (Å²) in [5.41, 5.74) is 4.12. The van der Waals surface area contributed by atoms with Crippen molar-refractivity contribution in [3.63, 3.8) is 0 Å². The van der Waals surface area contributed by atoms with Crippen LogP contribution in [0.15, 0.2) is 36.4 Å². The standard InChI is InChI=1S/C19H22N2O3/c1-12-4-5-14(8-18(12)23-3)10-20-13(2)15-6-7-17-16(9-15)21-19(22)11-24-17/h4-9,13,20H,10-11H2,1-3H3,(H,21,22). The molecular formula is C19H22N2O3. The fourth-order valence-electron chi connectivity index (χ4n) is 2.73. The number of rotatable bonds is 5. The summed E-state index contributed by atoms with van der Waals surface area (Å²) in [4.78, 5) is 11.4. The van der Waals surface area contributed by atoms with E-state index in [2.05, 4.69) is 35.8 Å². The maximum Gasteiger partial charge on any atom is 0.262 e. The number of hydrogen-bond acceptors (Lipinski definition) is 4. The highest BCUT2D eigenvalue weighted by atomic mass is 16.5. The summed E-state index contributed by atoms with van der Waals surface area (Å²) < 4.78 is 10.8. The zero-order valence-electron chi connectivity index (χ0n) is 14.2. The number of carbonyl (C=O) groups is 1. The highest BCUT2D eigenvalue weighted by Gasteiger charge is 2.17. The van der Waals surface area contributed by atoms with Gasteiger partial charge >= 0.3 is 0 Å². The molecule has 1 aliphatic rings. The van der Waals surface area contributed by atoms with Gasteiger partial charge in [0.05, 0.1) is 12.8 Å². The smallest absolute Gasteiger partial charge is 0.262 e. The Kier molecular flexibility index (Phi) is 4.71. The van der Waals surface area contributed by atoms with Gasteiger partial charge in [-0.15, -0.1) is 0 Å². The molecule has 1 amide bonds. The lowest BCUT2D eigenvalue weighted by Crippen LogP contribution is -2.26. The Bertz CT molecular complexity index is 758. The summed E-state index contributed by atoms with van der Waals surface area (Å²) in [6.45, 7) is 4.94. The van der Waals surface area contributed by atoms with Crippen molar-refractivity contribution in [3.8, 4) is 11.5 Å². The summed E-state index contributed by atoms with van der Waals surface area (Å²) in [7, 11) is 1.69. The molecule has 0 saturated heterocycles. The van der Waals surface area contributed by atoms with Gasteiger partial charge in [-0.2, -0.15) is 0 Å². The van der Waals surface area contributed by atoms with Gasteiger partial charge in [-0.25, -0.2) is 0 Å². The number of carbonyl (C=O) groups excluding carboxylic acids is 1. The van der Waals surface area contributed by atoms with Gasteiger partial charge in [0, 0.05) is 12.6 Å². The van der Waals surface area contributed by atoms with Crippen LogP contribution in [-0.4, -0.2) is 19.6 Å². The van der Waals surface area contributed by atoms with Gasteiger partial charge in [0.15, 0.2) is 6.61 Å². The minimum Gasteiger partial charge on any atom is -0.496 e. The molecule has 1 unspecified atom stereocenters. The second-order valence-electron chi connectivity index (χ2n) is 6.00. The van der Waals surface area contributed by atoms with Crippen LogP contribution in [0.1, 0.15) is 29.7 Å². The Morgan fingerprint density at radius 2 is 2.12 bits per heavy atom. The summed E-state index contributed by atoms with van der Waals surface area (Å²) in [6.07, 6.45) is 0. The SMILES string of the molecule is COc1cc(CNC(C)c2ccc3c(c2)NC(=O)CO3)ccc1C. The van der Waals surface area contributed by atoms with Crippen molar-refractivity contribution in [2.75, 3.05) is 19.0 Å². The van der Waals surface area contributed by atoms with E-state index >= 15 is 0 Å². The third kappa shape index (κ3) is 3.51. The molecule has 1 aliphatic heterocycles. The normalized spacial score (nSPS) is 14.4. The van der Waals surface area contributed by atoms with Crippen LogP contribution in [0.3, 0.4) is 0 Å². The Balaban J connectivity index is 1.68. The number of aryl methyl sites for hydroxylation is 1. The lowest BCUT2D eigenvalue weighted by molar-refractivity contribution is -0.118. The molecule has 5 heteroatoms. The minimum atomic E-state index is -0.119. The number of ether oxygens (including phenoxy) is 2. The molecule has 24 heavy (non-hydrogen) atoms. The van der Waals surface area contributed by atoms with Crippen LogP contribution in [0.2, 0.25) is 0 Å². The van der Waals surface area contributed by atoms with Crippen molar-refractivity contribution < 1.29 is 14.3 Å². The number of hydrogen-bond donors (Lipinski definition) is 2. The third-order valence-corrected chi connectivity index (χ3v) is 4.22. The van der Waals surface area contributed by atoms with Gasteiger partial charge in [0.25, 0.3) is 5.91 Å². The Labute approximate surface area is 142 Å². The first kappa shape index (κ1) is 16.3. The molecule has 2 aromatic rings. The maximum atomic E-state index is 11.4. The van der Waals surface area contributed by atoms with E-state index in [1.54, 1.807) is 7.11 Å². The van der Waals surface area contributed by atoms with Crippen LogP contribution < -0.4 is 20.1 Å². The lowest BCUT2D eigenvalue weighted by Gasteiger charge is -2.21. The summed E-state index contributed by atoms with van der Waals surface area (Å²) in [5, 5.41) is 6.34. The van der Waals surface area contributed by atoms with E-state index < -0.39 is 0 Å². The summed E-state index contributed by atoms with van der Waals surface area (Å²) in [6, 6.07) is 12.2. The predicted molar refractivity (Wildman–Crippen MR) is 93.6 cm³/mol. The number of anilines is 1. The van der Waals surface area contributed by atoms with Gasteiger partial charge in [-0.05, 0) is 48.7 Å². The number of benzene rings is 2. The fourth-order valence-corrected chi connectivity index (χ4v) is 2.73. The van der Waals surface area contributed by atoms with E-state index in [1.807, 2.05) is 25.1 Å². The molecule has 1 atom stereocenters. The first-order valence-electron chi connectivity index (χ1n) is 8.00. The highest BCUT2D eigenvalue weighted by molar-refractivity contribution is 5.95. The van der Waals surface area contributed by atoms with Crippen LogP contribution >= 0.6 is 0 Å². The number of nitrogens with one attached hydrogen (secondary N) is 2. The van der Waals surface area contributed by atoms with Gasteiger partial charge in [0.1, 0.15) is 11.5 Å².